The second-order valence-corrected chi connectivity index (χ2v) is 6.14. The Labute approximate surface area is 139 Å². The van der Waals surface area contributed by atoms with E-state index in [2.05, 4.69) is 21.2 Å². The van der Waals surface area contributed by atoms with Crippen molar-refractivity contribution in [3.05, 3.63) is 50.1 Å². The van der Waals surface area contributed by atoms with Crippen LogP contribution >= 0.6 is 38.9 Å². The summed E-state index contributed by atoms with van der Waals surface area (Å²) in [5.41, 5.74) is 0.591. The fourth-order valence-electron chi connectivity index (χ4n) is 1.51. The van der Waals surface area contributed by atoms with Crippen molar-refractivity contribution in [2.24, 2.45) is 0 Å². The zero-order valence-corrected chi connectivity index (χ0v) is 13.9. The first-order valence-corrected chi connectivity index (χ1v) is 8.14. The van der Waals surface area contributed by atoms with Gasteiger partial charge in [0.25, 0.3) is 5.91 Å². The fraction of sp³-hybridized carbons (Fsp3) is 0.143. The Hall–Kier alpha value is -1.37. The predicted molar refractivity (Wildman–Crippen MR) is 86.1 cm³/mol. The van der Waals surface area contributed by atoms with Gasteiger partial charge in [-0.2, -0.15) is 11.3 Å². The maximum Gasteiger partial charge on any atom is 0.313 e. The number of thiophene rings is 1. The van der Waals surface area contributed by atoms with Crippen LogP contribution in [0.4, 0.5) is 0 Å². The molecule has 1 aromatic carbocycles. The highest BCUT2D eigenvalue weighted by atomic mass is 79.9. The summed E-state index contributed by atoms with van der Waals surface area (Å²) in [5.74, 6) is -0.228. The predicted octanol–water partition coefficient (Wildman–Crippen LogP) is 3.89. The van der Waals surface area contributed by atoms with E-state index in [4.69, 9.17) is 16.3 Å². The molecule has 7 heteroatoms. The molecule has 0 bridgehead atoms. The molecule has 1 heterocycles. The second-order valence-electron chi connectivity index (χ2n) is 4.07. The molecule has 2 rings (SSSR count). The molecule has 1 amide bonds. The van der Waals surface area contributed by atoms with Crippen LogP contribution in [0.5, 0.6) is 5.75 Å². The minimum Gasteiger partial charge on any atom is -0.425 e. The number of halogens is 2. The SMILES string of the molecule is O=C(CCNC(=O)c1ccsc1)Oc1ccc(Cl)cc1Br. The van der Waals surface area contributed by atoms with Crippen LogP contribution < -0.4 is 10.1 Å². The second kappa shape index (κ2) is 7.59. The zero-order chi connectivity index (χ0) is 15.2. The molecule has 0 atom stereocenters. The number of hydrogen-bond donors (Lipinski definition) is 1. The first-order chi connectivity index (χ1) is 10.1. The van der Waals surface area contributed by atoms with E-state index in [1.54, 1.807) is 29.6 Å². The lowest BCUT2D eigenvalue weighted by atomic mass is 10.3. The smallest absolute Gasteiger partial charge is 0.313 e. The van der Waals surface area contributed by atoms with Crippen LogP contribution in [0.15, 0.2) is 39.5 Å². The summed E-state index contributed by atoms with van der Waals surface area (Å²) < 4.78 is 5.78. The normalized spacial score (nSPS) is 10.2. The quantitative estimate of drug-likeness (QED) is 0.624. The van der Waals surface area contributed by atoms with Gasteiger partial charge < -0.3 is 10.1 Å². The molecule has 1 N–H and O–H groups in total. The van der Waals surface area contributed by atoms with Crippen molar-refractivity contribution in [3.8, 4) is 5.75 Å². The first-order valence-electron chi connectivity index (χ1n) is 6.02. The third-order valence-electron chi connectivity index (χ3n) is 2.52. The maximum atomic E-state index is 11.7. The van der Waals surface area contributed by atoms with Crippen molar-refractivity contribution >= 4 is 50.7 Å². The lowest BCUT2D eigenvalue weighted by molar-refractivity contribution is -0.134. The van der Waals surface area contributed by atoms with Crippen molar-refractivity contribution in [2.45, 2.75) is 6.42 Å². The van der Waals surface area contributed by atoms with Crippen LogP contribution in [0.25, 0.3) is 0 Å². The van der Waals surface area contributed by atoms with Gasteiger partial charge in [0.2, 0.25) is 0 Å². The van der Waals surface area contributed by atoms with E-state index in [0.29, 0.717) is 20.8 Å². The molecule has 0 spiro atoms. The van der Waals surface area contributed by atoms with Crippen LogP contribution in [-0.2, 0) is 4.79 Å². The van der Waals surface area contributed by atoms with Gasteiger partial charge in [-0.05, 0) is 45.6 Å². The van der Waals surface area contributed by atoms with Crippen molar-refractivity contribution in [1.29, 1.82) is 0 Å². The Bertz CT molecular complexity index is 646. The van der Waals surface area contributed by atoms with Gasteiger partial charge in [-0.3, -0.25) is 9.59 Å². The lowest BCUT2D eigenvalue weighted by Crippen LogP contribution is -2.26. The van der Waals surface area contributed by atoms with E-state index in [0.717, 1.165) is 0 Å². The fourth-order valence-corrected chi connectivity index (χ4v) is 2.91. The highest BCUT2D eigenvalue weighted by Crippen LogP contribution is 2.28. The van der Waals surface area contributed by atoms with Gasteiger partial charge in [-0.15, -0.1) is 0 Å². The molecular formula is C14H11BrClNO3S. The summed E-state index contributed by atoms with van der Waals surface area (Å²) in [4.78, 5) is 23.4. The third-order valence-corrected chi connectivity index (χ3v) is 4.05. The molecule has 0 saturated heterocycles. The first kappa shape index (κ1) is 16.0. The van der Waals surface area contributed by atoms with Crippen molar-refractivity contribution in [2.75, 3.05) is 6.54 Å². The Morgan fingerprint density at radius 2 is 2.14 bits per heavy atom. The molecule has 0 unspecified atom stereocenters. The highest BCUT2D eigenvalue weighted by molar-refractivity contribution is 9.10. The number of esters is 1. The minimum absolute atomic E-state index is 0.0882. The largest absolute Gasteiger partial charge is 0.425 e. The van der Waals surface area contributed by atoms with Gasteiger partial charge in [0.1, 0.15) is 5.75 Å². The average molecular weight is 389 g/mol. The van der Waals surface area contributed by atoms with Crippen LogP contribution in [0.3, 0.4) is 0 Å². The van der Waals surface area contributed by atoms with E-state index in [9.17, 15) is 9.59 Å². The Kier molecular flexibility index (Phi) is 5.78. The van der Waals surface area contributed by atoms with E-state index < -0.39 is 5.97 Å². The van der Waals surface area contributed by atoms with Crippen LogP contribution in [0.1, 0.15) is 16.8 Å². The molecular weight excluding hydrogens is 378 g/mol. The zero-order valence-electron chi connectivity index (χ0n) is 10.8. The standard InChI is InChI=1S/C14H11BrClNO3S/c15-11-7-10(16)1-2-12(11)20-13(18)3-5-17-14(19)9-4-6-21-8-9/h1-2,4,6-8H,3,5H2,(H,17,19). The van der Waals surface area contributed by atoms with Gasteiger partial charge >= 0.3 is 5.97 Å². The summed E-state index contributed by atoms with van der Waals surface area (Å²) in [6, 6.07) is 6.60. The minimum atomic E-state index is -0.427. The van der Waals surface area contributed by atoms with E-state index >= 15 is 0 Å². The number of rotatable bonds is 5. The summed E-state index contributed by atoms with van der Waals surface area (Å²) in [6.45, 7) is 0.221. The topological polar surface area (TPSA) is 55.4 Å². The van der Waals surface area contributed by atoms with Crippen molar-refractivity contribution < 1.29 is 14.3 Å². The molecule has 21 heavy (non-hydrogen) atoms. The number of ether oxygens (including phenoxy) is 1. The van der Waals surface area contributed by atoms with Crippen LogP contribution in [0.2, 0.25) is 5.02 Å². The Balaban J connectivity index is 1.78. The van der Waals surface area contributed by atoms with Gasteiger partial charge in [-0.1, -0.05) is 11.6 Å². The molecule has 4 nitrogen and oxygen atoms in total. The highest BCUT2D eigenvalue weighted by Gasteiger charge is 2.10. The van der Waals surface area contributed by atoms with Crippen LogP contribution in [-0.4, -0.2) is 18.4 Å². The van der Waals surface area contributed by atoms with Gasteiger partial charge in [-0.25, -0.2) is 0 Å². The van der Waals surface area contributed by atoms with E-state index in [1.165, 1.54) is 11.3 Å². The summed E-state index contributed by atoms with van der Waals surface area (Å²) in [7, 11) is 0. The molecule has 0 aliphatic carbocycles. The molecule has 2 aromatic rings. The van der Waals surface area contributed by atoms with Gasteiger partial charge in [0.15, 0.2) is 0 Å². The molecule has 1 aromatic heterocycles. The molecule has 0 saturated carbocycles. The van der Waals surface area contributed by atoms with E-state index in [1.807, 2.05) is 5.38 Å². The Morgan fingerprint density at radius 1 is 1.33 bits per heavy atom. The number of hydrogen-bond acceptors (Lipinski definition) is 4. The van der Waals surface area contributed by atoms with Gasteiger partial charge in [0.05, 0.1) is 10.9 Å². The number of nitrogens with one attached hydrogen (secondary N) is 1. The molecule has 110 valence electrons. The number of carbonyl (C=O) groups excluding carboxylic acids is 2. The van der Waals surface area contributed by atoms with Gasteiger partial charge in [0, 0.05) is 22.5 Å². The number of amides is 1. The summed E-state index contributed by atoms with van der Waals surface area (Å²) >= 11 is 10.5. The van der Waals surface area contributed by atoms with E-state index in [-0.39, 0.29) is 18.9 Å². The molecule has 0 fully saturated rings. The average Bonchev–Trinajstić information content (AvgIpc) is 2.96. The molecule has 0 aliphatic heterocycles. The number of benzene rings is 1. The monoisotopic (exact) mass is 387 g/mol. The molecule has 0 aliphatic rings. The third kappa shape index (κ3) is 4.84. The summed E-state index contributed by atoms with van der Waals surface area (Å²) in [5, 5.41) is 6.77. The van der Waals surface area contributed by atoms with Crippen LogP contribution in [0, 0.1) is 0 Å². The van der Waals surface area contributed by atoms with Crippen molar-refractivity contribution in [3.63, 3.8) is 0 Å². The Morgan fingerprint density at radius 3 is 2.81 bits per heavy atom. The lowest BCUT2D eigenvalue weighted by Gasteiger charge is -2.07. The van der Waals surface area contributed by atoms with Crippen molar-refractivity contribution in [1.82, 2.24) is 5.32 Å². The maximum absolute atomic E-state index is 11.7. The number of carbonyl (C=O) groups is 2. The molecule has 0 radical (unpaired) electrons. The summed E-state index contributed by atoms with van der Waals surface area (Å²) in [6.07, 6.45) is 0.0882.